The molecule has 2 atom stereocenters. The average Bonchev–Trinajstić information content (AvgIpc) is 2.91. The minimum absolute atomic E-state index is 0.110. The fourth-order valence-corrected chi connectivity index (χ4v) is 2.83. The zero-order chi connectivity index (χ0) is 14.5. The third-order valence-corrected chi connectivity index (χ3v) is 4.01. The predicted octanol–water partition coefficient (Wildman–Crippen LogP) is 1.44. The standard InChI is InChI=1S/C15H25N3O2/c1-12(16)14-7-3-4-8-18(14)11-15(19)17(2)10-13-6-5-9-20-13/h5-6,9,12,14H,3-4,7-8,10-11,16H2,1-2H3. The fourth-order valence-electron chi connectivity index (χ4n) is 2.83. The highest BCUT2D eigenvalue weighted by Crippen LogP contribution is 2.19. The Hall–Kier alpha value is -1.33. The second kappa shape index (κ2) is 6.90. The topological polar surface area (TPSA) is 62.7 Å². The number of rotatable bonds is 5. The first kappa shape index (κ1) is 15.1. The van der Waals surface area contributed by atoms with E-state index in [1.54, 1.807) is 11.2 Å². The van der Waals surface area contributed by atoms with Crippen molar-refractivity contribution >= 4 is 5.91 Å². The molecule has 0 aromatic carbocycles. The molecule has 1 amide bonds. The zero-order valence-electron chi connectivity index (χ0n) is 12.4. The van der Waals surface area contributed by atoms with Crippen LogP contribution in [-0.4, -0.2) is 47.9 Å². The second-order valence-electron chi connectivity index (χ2n) is 5.72. The van der Waals surface area contributed by atoms with E-state index in [0.717, 1.165) is 25.1 Å². The van der Waals surface area contributed by atoms with Crippen molar-refractivity contribution in [1.82, 2.24) is 9.80 Å². The average molecular weight is 279 g/mol. The molecule has 2 unspecified atom stereocenters. The molecule has 1 saturated heterocycles. The van der Waals surface area contributed by atoms with E-state index in [4.69, 9.17) is 10.2 Å². The molecule has 5 nitrogen and oxygen atoms in total. The van der Waals surface area contributed by atoms with Crippen LogP contribution in [0.2, 0.25) is 0 Å². The number of carbonyl (C=O) groups is 1. The summed E-state index contributed by atoms with van der Waals surface area (Å²) in [6.45, 7) is 3.96. The first-order valence-electron chi connectivity index (χ1n) is 7.34. The SMILES string of the molecule is CC(N)C1CCCCN1CC(=O)N(C)Cc1ccco1. The summed E-state index contributed by atoms with van der Waals surface area (Å²) in [6.07, 6.45) is 5.08. The molecule has 0 radical (unpaired) electrons. The van der Waals surface area contributed by atoms with Gasteiger partial charge in [-0.15, -0.1) is 0 Å². The van der Waals surface area contributed by atoms with Crippen molar-refractivity contribution in [2.24, 2.45) is 5.73 Å². The van der Waals surface area contributed by atoms with Crippen LogP contribution >= 0.6 is 0 Å². The highest BCUT2D eigenvalue weighted by Gasteiger charge is 2.27. The molecule has 2 heterocycles. The van der Waals surface area contributed by atoms with Crippen LogP contribution in [0.25, 0.3) is 0 Å². The van der Waals surface area contributed by atoms with Gasteiger partial charge in [0.1, 0.15) is 5.76 Å². The van der Waals surface area contributed by atoms with Gasteiger partial charge in [-0.2, -0.15) is 0 Å². The zero-order valence-corrected chi connectivity index (χ0v) is 12.4. The Kier molecular flexibility index (Phi) is 5.20. The van der Waals surface area contributed by atoms with Crippen LogP contribution in [0, 0.1) is 0 Å². The Balaban J connectivity index is 1.88. The minimum Gasteiger partial charge on any atom is -0.467 e. The van der Waals surface area contributed by atoms with Crippen molar-refractivity contribution in [3.05, 3.63) is 24.2 Å². The predicted molar refractivity (Wildman–Crippen MR) is 78.0 cm³/mol. The number of furan rings is 1. The van der Waals surface area contributed by atoms with Gasteiger partial charge in [0.25, 0.3) is 0 Å². The molecule has 2 rings (SSSR count). The molecule has 1 aromatic heterocycles. The van der Waals surface area contributed by atoms with Crippen LogP contribution in [0.15, 0.2) is 22.8 Å². The van der Waals surface area contributed by atoms with Gasteiger partial charge in [-0.1, -0.05) is 6.42 Å². The van der Waals surface area contributed by atoms with Gasteiger partial charge in [0, 0.05) is 19.1 Å². The summed E-state index contributed by atoms with van der Waals surface area (Å²) in [7, 11) is 1.82. The Labute approximate surface area is 120 Å². The molecule has 20 heavy (non-hydrogen) atoms. The van der Waals surface area contributed by atoms with Crippen LogP contribution in [-0.2, 0) is 11.3 Å². The number of likely N-dealkylation sites (tertiary alicyclic amines) is 1. The molecular formula is C15H25N3O2. The highest BCUT2D eigenvalue weighted by atomic mass is 16.3. The lowest BCUT2D eigenvalue weighted by atomic mass is 9.97. The van der Waals surface area contributed by atoms with Gasteiger partial charge in [0.2, 0.25) is 5.91 Å². The number of amides is 1. The van der Waals surface area contributed by atoms with Gasteiger partial charge in [0.15, 0.2) is 0 Å². The third-order valence-electron chi connectivity index (χ3n) is 4.01. The number of hydrogen-bond donors (Lipinski definition) is 1. The maximum absolute atomic E-state index is 12.3. The van der Waals surface area contributed by atoms with Crippen molar-refractivity contribution in [3.8, 4) is 0 Å². The molecule has 2 N–H and O–H groups in total. The molecule has 5 heteroatoms. The first-order valence-corrected chi connectivity index (χ1v) is 7.34. The Morgan fingerprint density at radius 3 is 3.05 bits per heavy atom. The molecule has 1 aliphatic rings. The van der Waals surface area contributed by atoms with E-state index < -0.39 is 0 Å². The van der Waals surface area contributed by atoms with E-state index in [-0.39, 0.29) is 11.9 Å². The Morgan fingerprint density at radius 2 is 2.40 bits per heavy atom. The Bertz CT molecular complexity index is 417. The highest BCUT2D eigenvalue weighted by molar-refractivity contribution is 5.78. The van der Waals surface area contributed by atoms with E-state index in [9.17, 15) is 4.79 Å². The van der Waals surface area contributed by atoms with Crippen LogP contribution in [0.5, 0.6) is 0 Å². The van der Waals surface area contributed by atoms with Crippen molar-refractivity contribution in [2.75, 3.05) is 20.1 Å². The molecular weight excluding hydrogens is 254 g/mol. The monoisotopic (exact) mass is 279 g/mol. The van der Waals surface area contributed by atoms with Crippen LogP contribution in [0.3, 0.4) is 0 Å². The summed E-state index contributed by atoms with van der Waals surface area (Å²) in [5, 5.41) is 0. The number of nitrogens with two attached hydrogens (primary N) is 1. The summed E-state index contributed by atoms with van der Waals surface area (Å²) in [6, 6.07) is 4.16. The molecule has 0 spiro atoms. The maximum atomic E-state index is 12.3. The van der Waals surface area contributed by atoms with Gasteiger partial charge in [-0.25, -0.2) is 0 Å². The fraction of sp³-hybridized carbons (Fsp3) is 0.667. The molecule has 1 aliphatic heterocycles. The van der Waals surface area contributed by atoms with Gasteiger partial charge in [-0.05, 0) is 38.4 Å². The lowest BCUT2D eigenvalue weighted by molar-refractivity contribution is -0.132. The minimum atomic E-state index is 0.110. The third kappa shape index (κ3) is 3.84. The van der Waals surface area contributed by atoms with Gasteiger partial charge < -0.3 is 15.1 Å². The summed E-state index contributed by atoms with van der Waals surface area (Å²) in [5.74, 6) is 0.928. The number of likely N-dealkylation sites (N-methyl/N-ethyl adjacent to an activating group) is 1. The van der Waals surface area contributed by atoms with E-state index in [2.05, 4.69) is 4.90 Å². The number of hydrogen-bond acceptors (Lipinski definition) is 4. The van der Waals surface area contributed by atoms with Crippen LogP contribution in [0.4, 0.5) is 0 Å². The number of carbonyl (C=O) groups excluding carboxylic acids is 1. The van der Waals surface area contributed by atoms with Crippen molar-refractivity contribution in [3.63, 3.8) is 0 Å². The normalized spacial score (nSPS) is 21.6. The molecule has 1 fully saturated rings. The first-order chi connectivity index (χ1) is 9.58. The molecule has 0 saturated carbocycles. The molecule has 1 aromatic rings. The summed E-state index contributed by atoms with van der Waals surface area (Å²) >= 11 is 0. The second-order valence-corrected chi connectivity index (χ2v) is 5.72. The molecule has 0 bridgehead atoms. The van der Waals surface area contributed by atoms with Crippen molar-refractivity contribution < 1.29 is 9.21 Å². The quantitative estimate of drug-likeness (QED) is 0.886. The smallest absolute Gasteiger partial charge is 0.236 e. The number of piperidine rings is 1. The van der Waals surface area contributed by atoms with Gasteiger partial charge in [0.05, 0.1) is 19.4 Å². The molecule has 112 valence electrons. The van der Waals surface area contributed by atoms with Gasteiger partial charge >= 0.3 is 0 Å². The van der Waals surface area contributed by atoms with Crippen molar-refractivity contribution in [1.29, 1.82) is 0 Å². The summed E-state index contributed by atoms with van der Waals surface area (Å²) in [4.78, 5) is 16.3. The van der Waals surface area contributed by atoms with Crippen LogP contribution < -0.4 is 5.73 Å². The lowest BCUT2D eigenvalue weighted by Crippen LogP contribution is -2.52. The van der Waals surface area contributed by atoms with E-state index in [0.29, 0.717) is 19.1 Å². The molecule has 0 aliphatic carbocycles. The van der Waals surface area contributed by atoms with E-state index >= 15 is 0 Å². The van der Waals surface area contributed by atoms with E-state index in [1.165, 1.54) is 6.42 Å². The summed E-state index contributed by atoms with van der Waals surface area (Å²) in [5.41, 5.74) is 6.04. The summed E-state index contributed by atoms with van der Waals surface area (Å²) < 4.78 is 5.28. The maximum Gasteiger partial charge on any atom is 0.236 e. The van der Waals surface area contributed by atoms with E-state index in [1.807, 2.05) is 26.1 Å². The number of nitrogens with zero attached hydrogens (tertiary/aromatic N) is 2. The lowest BCUT2D eigenvalue weighted by Gasteiger charge is -2.38. The van der Waals surface area contributed by atoms with Crippen LogP contribution in [0.1, 0.15) is 31.9 Å². The largest absolute Gasteiger partial charge is 0.467 e. The van der Waals surface area contributed by atoms with Gasteiger partial charge in [-0.3, -0.25) is 9.69 Å². The Morgan fingerprint density at radius 1 is 1.60 bits per heavy atom. The van der Waals surface area contributed by atoms with Crippen molar-refractivity contribution in [2.45, 2.75) is 44.8 Å².